The van der Waals surface area contributed by atoms with Crippen LogP contribution in [0, 0.1) is 11.8 Å². The molecule has 826 valence electrons. The summed E-state index contributed by atoms with van der Waals surface area (Å²) >= 11 is 0. The summed E-state index contributed by atoms with van der Waals surface area (Å²) in [6.45, 7) is 11.6. The van der Waals surface area contributed by atoms with E-state index >= 15 is 0 Å². The lowest BCUT2D eigenvalue weighted by Gasteiger charge is -2.31. The Balaban J connectivity index is 3.42. The van der Waals surface area contributed by atoms with Crippen LogP contribution in [0.3, 0.4) is 0 Å². The van der Waals surface area contributed by atoms with Gasteiger partial charge in [0.15, 0.2) is 5.96 Å². The molecule has 1 fully saturated rings. The number of unbranched alkanes of at least 4 members (excludes halogenated alkanes) is 7. The van der Waals surface area contributed by atoms with Crippen molar-refractivity contribution in [2.24, 2.45) is 85.6 Å². The van der Waals surface area contributed by atoms with E-state index in [4.69, 9.17) is 68.8 Å². The minimum atomic E-state index is -1.70. The number of primary amides is 2. The highest BCUT2D eigenvalue weighted by molar-refractivity contribution is 6.02. The van der Waals surface area contributed by atoms with Crippen LogP contribution in [-0.4, -0.2) is 326 Å². The highest BCUT2D eigenvalue weighted by Crippen LogP contribution is 2.22. The molecule has 1 aliphatic heterocycles. The molecule has 0 bridgehead atoms. The number of carbonyl (C=O) groups is 21. The number of guanidine groups is 1. The molecule has 54 nitrogen and oxygen atoms in total. The van der Waals surface area contributed by atoms with Crippen molar-refractivity contribution in [3.8, 4) is 0 Å². The first-order valence-electron chi connectivity index (χ1n) is 50.2. The number of rotatable bonds is 78. The van der Waals surface area contributed by atoms with Crippen LogP contribution in [0.15, 0.2) is 4.99 Å². The quantitative estimate of drug-likeness (QED) is 0.0153. The number of nitrogens with one attached hydrogen (secondary N) is 17. The monoisotopic (exact) mass is 2060 g/mol. The van der Waals surface area contributed by atoms with Gasteiger partial charge in [-0.3, -0.25) is 101 Å². The van der Waals surface area contributed by atoms with Crippen LogP contribution in [-0.2, 0) is 101 Å². The summed E-state index contributed by atoms with van der Waals surface area (Å²) in [5.41, 5.74) is 67.9. The Morgan fingerprint density at radius 2 is 0.676 bits per heavy atom. The smallest absolute Gasteiger partial charge is 0.326 e. The van der Waals surface area contributed by atoms with Crippen LogP contribution in [0.4, 0.5) is 0 Å². The van der Waals surface area contributed by atoms with Gasteiger partial charge in [-0.15, -0.1) is 0 Å². The van der Waals surface area contributed by atoms with Crippen molar-refractivity contribution < 1.29 is 111 Å². The van der Waals surface area contributed by atoms with Gasteiger partial charge in [-0.2, -0.15) is 0 Å². The van der Waals surface area contributed by atoms with Gasteiger partial charge in [-0.25, -0.2) is 4.79 Å². The van der Waals surface area contributed by atoms with Crippen molar-refractivity contribution in [1.82, 2.24) is 95.3 Å². The summed E-state index contributed by atoms with van der Waals surface area (Å²) in [5.74, 6) is -20.2. The van der Waals surface area contributed by atoms with E-state index in [9.17, 15) is 111 Å². The Hall–Kier alpha value is -12.2. The molecule has 0 spiro atoms. The molecule has 20 amide bonds. The molecule has 0 aliphatic carbocycles. The van der Waals surface area contributed by atoms with Crippen molar-refractivity contribution in [1.29, 1.82) is 0 Å². The largest absolute Gasteiger partial charge is 0.480 e. The van der Waals surface area contributed by atoms with Crippen molar-refractivity contribution in [2.45, 2.75) is 357 Å². The second kappa shape index (κ2) is 72.9. The molecule has 0 aromatic heterocycles. The van der Waals surface area contributed by atoms with Gasteiger partial charge in [0, 0.05) is 19.5 Å². The van der Waals surface area contributed by atoms with Crippen LogP contribution in [0.5, 0.6) is 0 Å². The van der Waals surface area contributed by atoms with Gasteiger partial charge in [0.1, 0.15) is 103 Å². The number of amides is 20. The third kappa shape index (κ3) is 52.4. The predicted octanol–water partition coefficient (Wildman–Crippen LogP) is -10.5. The molecule has 145 heavy (non-hydrogen) atoms. The normalized spacial score (nSPS) is 16.0. The van der Waals surface area contributed by atoms with E-state index in [1.165, 1.54) is 32.6 Å². The Bertz CT molecular complexity index is 4170. The van der Waals surface area contributed by atoms with E-state index in [1.807, 2.05) is 0 Å². The van der Waals surface area contributed by atoms with Gasteiger partial charge in [-0.05, 0) is 259 Å². The molecule has 54 heteroatoms. The number of aliphatic imine (C=N–C) groups is 1. The number of likely N-dealkylation sites (tertiary alicyclic amines) is 1. The maximum Gasteiger partial charge on any atom is 0.326 e. The molecule has 0 radical (unpaired) electrons. The SMILES string of the molecule is CC[C@H](C)[C@H](NC(=O)[C@H](C)NC(=O)[C@H](C)NC(=O)[C@@H]1CCCN1C(=O)[C@H](CCCN=C(N)N)NC(=O)[C@H](CCCCN)NC(=O)[C@H](CO)NC(=O)[C@H](CC(C)C)NC(=O)[C@@H](N)CC(N)=O)C(=O)N[C@@H](CCCCN)C(=O)N[C@@H](CCCCN)C(=O)N[C@@H](C)C(=O)NCC(=O)N[C@@H](CCC(N)=O)C(=O)N[C@@H](C)C(=O)N[C@@H](CCCCN)C(=O)N[C@@H](CCCCN)C(=O)N[C@@H](CCCCN)C(=O)N[C@@H](CCCCN)C(=O)O. The standard InChI is InChI=1S/C91H169N31O23/c1-9-51(4)72(121-76(130)55(8)106-74(128)53(6)109-87(141)68-34-25-45-122(68)89(143)64(33-24-44-104-91(102)103)117-83(137)60(29-13-20-40-95)115-86(140)67(49-123)120-85(139)66(46-50(2)3)119-77(131)56(99)47-70(101)125)88(142)116-62(31-15-22-42-97)82(136)112-57(26-10-17-37-92)78(132)107-52(5)73(127)105-48-71(126)110-63(35-36-69(100)124)79(133)108-54(7)75(129)111-58(27-11-18-38-93)80(134)113-59(28-12-19-39-94)81(135)114-61(30-14-21-41-96)84(138)118-65(90(144)145)32-16-23-43-98/h50-68,72,123H,9-49,92-99H2,1-8H3,(H2,100,124)(H2,101,125)(H,105,127)(H,106,128)(H,107,132)(H,108,133)(H,109,141)(H,110,126)(H,111,129)(H,112,136)(H,113,134)(H,114,135)(H,115,140)(H,116,142)(H,117,137)(H,118,138)(H,119,131)(H,120,139)(H,121,130)(H,144,145)(H4,102,103,104)/t51-,52-,53-,54-,55-,56-,57-,58-,59-,60-,61-,62-,63-,64-,65-,66-,67-,68-,72-/m0/s1. The Kier molecular flexibility index (Phi) is 65.8. The van der Waals surface area contributed by atoms with E-state index in [2.05, 4.69) is 95.4 Å². The Morgan fingerprint density at radius 3 is 1.06 bits per heavy atom. The number of aliphatic hydroxyl groups is 1. The van der Waals surface area contributed by atoms with Crippen molar-refractivity contribution in [3.05, 3.63) is 0 Å². The number of aliphatic carboxylic acids is 1. The third-order valence-electron chi connectivity index (χ3n) is 23.9. The minimum absolute atomic E-state index is 0.00542. The van der Waals surface area contributed by atoms with Crippen LogP contribution in [0.25, 0.3) is 0 Å². The first kappa shape index (κ1) is 131. The lowest BCUT2D eigenvalue weighted by atomic mass is 9.97. The minimum Gasteiger partial charge on any atom is -0.480 e. The number of carbonyl (C=O) groups excluding carboxylic acids is 20. The zero-order valence-corrected chi connectivity index (χ0v) is 85.3. The fourth-order valence-electron chi connectivity index (χ4n) is 15.2. The summed E-state index contributed by atoms with van der Waals surface area (Å²) < 4.78 is 0. The molecule has 0 saturated carbocycles. The van der Waals surface area contributed by atoms with Crippen molar-refractivity contribution >= 4 is 130 Å². The van der Waals surface area contributed by atoms with Crippen molar-refractivity contribution in [2.75, 3.05) is 72.1 Å². The van der Waals surface area contributed by atoms with Gasteiger partial charge in [0.05, 0.1) is 25.6 Å². The molecule has 1 saturated heterocycles. The number of aliphatic hydroxyl groups excluding tert-OH is 1. The molecular formula is C91H169N31O23. The fourth-order valence-corrected chi connectivity index (χ4v) is 15.2. The average Bonchev–Trinajstić information content (AvgIpc) is 1.70. The zero-order chi connectivity index (χ0) is 110. The van der Waals surface area contributed by atoms with Gasteiger partial charge in [0.25, 0.3) is 0 Å². The Morgan fingerprint density at radius 1 is 0.352 bits per heavy atom. The number of carboxylic acids is 1. The first-order valence-corrected chi connectivity index (χ1v) is 50.2. The third-order valence-corrected chi connectivity index (χ3v) is 23.9. The van der Waals surface area contributed by atoms with E-state index < -0.39 is 271 Å². The van der Waals surface area contributed by atoms with E-state index in [0.717, 1.165) is 0 Å². The maximum absolute atomic E-state index is 14.8. The summed E-state index contributed by atoms with van der Waals surface area (Å²) in [5, 5.41) is 63.5. The number of hydrogen-bond acceptors (Lipinski definition) is 31. The van der Waals surface area contributed by atoms with E-state index in [0.29, 0.717) is 70.8 Å². The molecule has 1 heterocycles. The van der Waals surface area contributed by atoms with Crippen LogP contribution in [0.1, 0.15) is 248 Å². The summed E-state index contributed by atoms with van der Waals surface area (Å²) in [6.07, 6.45) is 4.18. The lowest BCUT2D eigenvalue weighted by molar-refractivity contribution is -0.142. The molecule has 0 unspecified atom stereocenters. The first-order chi connectivity index (χ1) is 68.6. The van der Waals surface area contributed by atoms with Crippen LogP contribution < -0.4 is 159 Å². The van der Waals surface area contributed by atoms with Gasteiger partial charge in [-0.1, -0.05) is 34.1 Å². The lowest BCUT2D eigenvalue weighted by Crippen LogP contribution is -2.61. The second-order valence-electron chi connectivity index (χ2n) is 36.8. The molecule has 43 N–H and O–H groups in total. The molecule has 1 rings (SSSR count). The van der Waals surface area contributed by atoms with Crippen LogP contribution >= 0.6 is 0 Å². The van der Waals surface area contributed by atoms with Gasteiger partial charge in [0.2, 0.25) is 118 Å². The summed E-state index contributed by atoms with van der Waals surface area (Å²) in [7, 11) is 0. The fraction of sp³-hybridized carbons (Fsp3) is 0.758. The summed E-state index contributed by atoms with van der Waals surface area (Å²) in [4.78, 5) is 293. The highest BCUT2D eigenvalue weighted by Gasteiger charge is 2.43. The Labute approximate surface area is 847 Å². The van der Waals surface area contributed by atoms with Gasteiger partial charge < -0.3 is 174 Å². The highest BCUT2D eigenvalue weighted by atomic mass is 16.4. The number of carboxylic acid groups (broad SMARTS) is 1. The van der Waals surface area contributed by atoms with Crippen LogP contribution in [0.2, 0.25) is 0 Å². The molecule has 19 atom stereocenters. The molecule has 0 aromatic carbocycles. The molecule has 1 aliphatic rings. The zero-order valence-electron chi connectivity index (χ0n) is 85.3. The number of nitrogens with two attached hydrogens (primary N) is 12. The average molecular weight is 2070 g/mol. The van der Waals surface area contributed by atoms with E-state index in [1.54, 1.807) is 27.7 Å². The molecule has 0 aromatic rings. The molecular weight excluding hydrogens is 1900 g/mol. The maximum atomic E-state index is 14.8. The van der Waals surface area contributed by atoms with Gasteiger partial charge >= 0.3 is 5.97 Å². The van der Waals surface area contributed by atoms with Crippen molar-refractivity contribution in [3.63, 3.8) is 0 Å². The number of nitrogens with zero attached hydrogens (tertiary/aromatic N) is 2. The van der Waals surface area contributed by atoms with E-state index in [-0.39, 0.29) is 173 Å². The summed E-state index contributed by atoms with van der Waals surface area (Å²) in [6, 6.07) is -25.1. The number of hydrogen-bond donors (Lipinski definition) is 31. The topological polar surface area (TPSA) is 931 Å². The predicted molar refractivity (Wildman–Crippen MR) is 535 cm³/mol. The second-order valence-corrected chi connectivity index (χ2v) is 36.8.